The van der Waals surface area contributed by atoms with Crippen molar-refractivity contribution in [3.05, 3.63) is 24.2 Å². The second-order valence-electron chi connectivity index (χ2n) is 2.47. The van der Waals surface area contributed by atoms with Gasteiger partial charge in [0.15, 0.2) is 5.76 Å². The number of halogens is 1. The summed E-state index contributed by atoms with van der Waals surface area (Å²) in [6.45, 7) is 1.09. The molecule has 0 saturated carbocycles. The summed E-state index contributed by atoms with van der Waals surface area (Å²) in [4.78, 5) is 10.9. The zero-order valence-corrected chi connectivity index (χ0v) is 6.83. The third kappa shape index (κ3) is 1.32. The first-order valence-corrected chi connectivity index (χ1v) is 3.40. The van der Waals surface area contributed by atoms with Crippen LogP contribution in [-0.2, 0) is 15.2 Å². The first-order chi connectivity index (χ1) is 5.59. The van der Waals surface area contributed by atoms with E-state index in [1.54, 1.807) is 0 Å². The number of carbonyl (C=O) groups excluding carboxylic acids is 1. The van der Waals surface area contributed by atoms with Crippen LogP contribution >= 0.6 is 0 Å². The van der Waals surface area contributed by atoms with Crippen LogP contribution in [0.15, 0.2) is 22.8 Å². The fourth-order valence-electron chi connectivity index (χ4n) is 0.838. The van der Waals surface area contributed by atoms with Crippen LogP contribution in [0.4, 0.5) is 4.39 Å². The number of esters is 1. The van der Waals surface area contributed by atoms with E-state index < -0.39 is 11.6 Å². The van der Waals surface area contributed by atoms with Gasteiger partial charge in [-0.3, -0.25) is 0 Å². The van der Waals surface area contributed by atoms with Crippen LogP contribution in [0.2, 0.25) is 0 Å². The number of furan rings is 1. The summed E-state index contributed by atoms with van der Waals surface area (Å²) >= 11 is 0. The molecule has 12 heavy (non-hydrogen) atoms. The predicted molar refractivity (Wildman–Crippen MR) is 39.2 cm³/mol. The van der Waals surface area contributed by atoms with E-state index >= 15 is 0 Å². The average Bonchev–Trinajstić information content (AvgIpc) is 2.55. The molecule has 0 fully saturated rings. The topological polar surface area (TPSA) is 39.4 Å². The van der Waals surface area contributed by atoms with Crippen molar-refractivity contribution in [2.45, 2.75) is 12.6 Å². The summed E-state index contributed by atoms with van der Waals surface area (Å²) in [7, 11) is 1.13. The molecule has 3 nitrogen and oxygen atoms in total. The molecule has 1 atom stereocenters. The Morgan fingerprint density at radius 2 is 2.42 bits per heavy atom. The van der Waals surface area contributed by atoms with Crippen molar-refractivity contribution in [1.82, 2.24) is 0 Å². The van der Waals surface area contributed by atoms with E-state index in [2.05, 4.69) is 4.74 Å². The molecule has 1 unspecified atom stereocenters. The summed E-state index contributed by atoms with van der Waals surface area (Å²) in [5.74, 6) is -1.01. The highest BCUT2D eigenvalue weighted by molar-refractivity contribution is 5.79. The number of hydrogen-bond donors (Lipinski definition) is 0. The van der Waals surface area contributed by atoms with E-state index in [9.17, 15) is 9.18 Å². The second kappa shape index (κ2) is 2.97. The van der Waals surface area contributed by atoms with Crippen LogP contribution in [0, 0.1) is 0 Å². The molecule has 1 rings (SSSR count). The number of methoxy groups -OCH3 is 1. The van der Waals surface area contributed by atoms with E-state index in [4.69, 9.17) is 4.42 Å². The molecule has 0 aliphatic rings. The zero-order chi connectivity index (χ0) is 9.19. The Morgan fingerprint density at radius 1 is 1.75 bits per heavy atom. The summed E-state index contributed by atoms with van der Waals surface area (Å²) < 4.78 is 22.5. The Balaban J connectivity index is 2.93. The lowest BCUT2D eigenvalue weighted by Crippen LogP contribution is -2.28. The van der Waals surface area contributed by atoms with Gasteiger partial charge in [-0.25, -0.2) is 9.18 Å². The van der Waals surface area contributed by atoms with Gasteiger partial charge in [-0.2, -0.15) is 0 Å². The van der Waals surface area contributed by atoms with Gasteiger partial charge >= 0.3 is 5.97 Å². The van der Waals surface area contributed by atoms with Gasteiger partial charge < -0.3 is 9.15 Å². The van der Waals surface area contributed by atoms with Crippen molar-refractivity contribution in [3.8, 4) is 0 Å². The minimum Gasteiger partial charge on any atom is -0.466 e. The molecule has 0 saturated heterocycles. The third-order valence-electron chi connectivity index (χ3n) is 1.55. The van der Waals surface area contributed by atoms with Gasteiger partial charge in [0, 0.05) is 0 Å². The number of rotatable bonds is 2. The zero-order valence-electron chi connectivity index (χ0n) is 6.83. The molecule has 1 aromatic heterocycles. The van der Waals surface area contributed by atoms with Gasteiger partial charge in [0.1, 0.15) is 0 Å². The summed E-state index contributed by atoms with van der Waals surface area (Å²) in [5.41, 5.74) is -2.20. The standard InChI is InChI=1S/C8H9FO3/c1-8(9,7(10)11-2)6-4-3-5-12-6/h3-5H,1-2H3. The predicted octanol–water partition coefficient (Wildman–Crippen LogP) is 1.64. The minimum absolute atomic E-state index is 0.0469. The highest BCUT2D eigenvalue weighted by Gasteiger charge is 2.39. The molecule has 4 heteroatoms. The second-order valence-corrected chi connectivity index (χ2v) is 2.47. The quantitative estimate of drug-likeness (QED) is 0.636. The molecule has 1 aromatic rings. The molecular weight excluding hydrogens is 163 g/mol. The monoisotopic (exact) mass is 172 g/mol. The molecule has 0 aliphatic heterocycles. The lowest BCUT2D eigenvalue weighted by Gasteiger charge is -2.13. The number of hydrogen-bond acceptors (Lipinski definition) is 3. The first kappa shape index (κ1) is 8.77. The SMILES string of the molecule is COC(=O)C(C)(F)c1ccco1. The van der Waals surface area contributed by atoms with Crippen LogP contribution in [0.1, 0.15) is 12.7 Å². The van der Waals surface area contributed by atoms with Crippen LogP contribution in [0.25, 0.3) is 0 Å². The molecule has 0 amide bonds. The van der Waals surface area contributed by atoms with Crippen molar-refractivity contribution in [2.24, 2.45) is 0 Å². The Labute approximate surface area is 69.1 Å². The van der Waals surface area contributed by atoms with Crippen LogP contribution < -0.4 is 0 Å². The summed E-state index contributed by atoms with van der Waals surface area (Å²) in [6.07, 6.45) is 1.30. The molecule has 0 bridgehead atoms. The van der Waals surface area contributed by atoms with E-state index in [0.717, 1.165) is 14.0 Å². The molecular formula is C8H9FO3. The van der Waals surface area contributed by atoms with Gasteiger partial charge in [0.25, 0.3) is 5.67 Å². The van der Waals surface area contributed by atoms with Gasteiger partial charge in [-0.05, 0) is 19.1 Å². The Morgan fingerprint density at radius 3 is 2.83 bits per heavy atom. The van der Waals surface area contributed by atoms with Gasteiger partial charge in [-0.15, -0.1) is 0 Å². The fraction of sp³-hybridized carbons (Fsp3) is 0.375. The maximum Gasteiger partial charge on any atom is 0.351 e. The van der Waals surface area contributed by atoms with E-state index in [1.807, 2.05) is 0 Å². The largest absolute Gasteiger partial charge is 0.466 e. The van der Waals surface area contributed by atoms with E-state index in [0.29, 0.717) is 0 Å². The Bertz CT molecular complexity index is 264. The van der Waals surface area contributed by atoms with Crippen molar-refractivity contribution in [2.75, 3.05) is 7.11 Å². The number of carbonyl (C=O) groups is 1. The van der Waals surface area contributed by atoms with Crippen molar-refractivity contribution in [1.29, 1.82) is 0 Å². The van der Waals surface area contributed by atoms with E-state index in [1.165, 1.54) is 18.4 Å². The molecule has 66 valence electrons. The fourth-order valence-corrected chi connectivity index (χ4v) is 0.838. The Hall–Kier alpha value is -1.32. The minimum atomic E-state index is -2.20. The normalized spacial score (nSPS) is 15.2. The third-order valence-corrected chi connectivity index (χ3v) is 1.55. The Kier molecular flexibility index (Phi) is 2.17. The lowest BCUT2D eigenvalue weighted by atomic mass is 10.1. The molecule has 0 spiro atoms. The van der Waals surface area contributed by atoms with Gasteiger partial charge in [0.2, 0.25) is 0 Å². The van der Waals surface area contributed by atoms with Crippen molar-refractivity contribution in [3.63, 3.8) is 0 Å². The van der Waals surface area contributed by atoms with Crippen LogP contribution in [-0.4, -0.2) is 13.1 Å². The molecule has 0 radical (unpaired) electrons. The van der Waals surface area contributed by atoms with Crippen LogP contribution in [0.5, 0.6) is 0 Å². The molecule has 1 heterocycles. The molecule has 0 aromatic carbocycles. The maximum atomic E-state index is 13.5. The average molecular weight is 172 g/mol. The van der Waals surface area contributed by atoms with Crippen molar-refractivity contribution >= 4 is 5.97 Å². The summed E-state index contributed by atoms with van der Waals surface area (Å²) in [6, 6.07) is 2.90. The molecule has 0 N–H and O–H groups in total. The van der Waals surface area contributed by atoms with Gasteiger partial charge in [-0.1, -0.05) is 0 Å². The first-order valence-electron chi connectivity index (χ1n) is 3.40. The lowest BCUT2D eigenvalue weighted by molar-refractivity contribution is -0.155. The maximum absolute atomic E-state index is 13.5. The number of alkyl halides is 1. The summed E-state index contributed by atoms with van der Waals surface area (Å²) in [5, 5.41) is 0. The van der Waals surface area contributed by atoms with Crippen molar-refractivity contribution < 1.29 is 18.3 Å². The molecule has 0 aliphatic carbocycles. The smallest absolute Gasteiger partial charge is 0.351 e. The van der Waals surface area contributed by atoms with E-state index in [-0.39, 0.29) is 5.76 Å². The van der Waals surface area contributed by atoms with Crippen LogP contribution in [0.3, 0.4) is 0 Å². The highest BCUT2D eigenvalue weighted by Crippen LogP contribution is 2.26. The van der Waals surface area contributed by atoms with Gasteiger partial charge in [0.05, 0.1) is 13.4 Å². The number of ether oxygens (including phenoxy) is 1. The highest BCUT2D eigenvalue weighted by atomic mass is 19.1.